The summed E-state index contributed by atoms with van der Waals surface area (Å²) in [4.78, 5) is 13.6. The van der Waals surface area contributed by atoms with Crippen molar-refractivity contribution < 1.29 is 22.1 Å². The van der Waals surface area contributed by atoms with Crippen LogP contribution in [0.3, 0.4) is 0 Å². The van der Waals surface area contributed by atoms with Crippen molar-refractivity contribution in [2.45, 2.75) is 19.1 Å². The number of hydrogen-bond donors (Lipinski definition) is 0. The molecule has 0 aliphatic carbocycles. The van der Waals surface area contributed by atoms with Gasteiger partial charge in [-0.2, -0.15) is 8.42 Å². The van der Waals surface area contributed by atoms with E-state index in [4.69, 9.17) is 8.92 Å². The van der Waals surface area contributed by atoms with Crippen molar-refractivity contribution in [2.75, 3.05) is 25.9 Å². The van der Waals surface area contributed by atoms with Crippen LogP contribution in [0, 0.1) is 0 Å². The molecule has 1 fully saturated rings. The zero-order chi connectivity index (χ0) is 15.3. The van der Waals surface area contributed by atoms with E-state index in [0.717, 1.165) is 11.8 Å². The molecular formula is C14H19NO5S. The van der Waals surface area contributed by atoms with Crippen LogP contribution in [0.1, 0.15) is 12.0 Å². The maximum atomic E-state index is 11.7. The van der Waals surface area contributed by atoms with Crippen molar-refractivity contribution in [1.29, 1.82) is 0 Å². The van der Waals surface area contributed by atoms with Crippen LogP contribution >= 0.6 is 0 Å². The Balaban J connectivity index is 1.72. The van der Waals surface area contributed by atoms with E-state index in [1.54, 1.807) is 0 Å². The number of nitrogens with zero attached hydrogens (tertiary/aromatic N) is 1. The number of carbonyl (C=O) groups excluding carboxylic acids is 1. The van der Waals surface area contributed by atoms with Crippen LogP contribution in [0.15, 0.2) is 30.3 Å². The lowest BCUT2D eigenvalue weighted by Crippen LogP contribution is -2.30. The maximum Gasteiger partial charge on any atom is 0.320 e. The summed E-state index contributed by atoms with van der Waals surface area (Å²) in [6.07, 6.45) is 1.25. The molecule has 0 N–H and O–H groups in total. The summed E-state index contributed by atoms with van der Waals surface area (Å²) in [6, 6.07) is 9.45. The minimum Gasteiger partial charge on any atom is -0.460 e. The van der Waals surface area contributed by atoms with Gasteiger partial charge in [-0.3, -0.25) is 13.9 Å². The topological polar surface area (TPSA) is 72.9 Å². The predicted molar refractivity (Wildman–Crippen MR) is 77.0 cm³/mol. The lowest BCUT2D eigenvalue weighted by molar-refractivity contribution is -0.146. The van der Waals surface area contributed by atoms with Gasteiger partial charge in [-0.05, 0) is 12.0 Å². The Morgan fingerprint density at radius 1 is 1.33 bits per heavy atom. The summed E-state index contributed by atoms with van der Waals surface area (Å²) >= 11 is 0. The van der Waals surface area contributed by atoms with Crippen LogP contribution in [0.2, 0.25) is 0 Å². The van der Waals surface area contributed by atoms with Crippen molar-refractivity contribution in [3.8, 4) is 0 Å². The number of benzene rings is 1. The third-order valence-electron chi connectivity index (χ3n) is 3.14. The standard InChI is InChI=1S/C14H19NO5S/c1-21(17,18)20-13-7-8-15(9-13)10-14(16)19-11-12-5-3-2-4-6-12/h2-6,13H,7-11H2,1H3. The van der Waals surface area contributed by atoms with Gasteiger partial charge in [-0.1, -0.05) is 30.3 Å². The molecule has 1 aliphatic heterocycles. The Kier molecular flexibility index (Phi) is 5.33. The highest BCUT2D eigenvalue weighted by atomic mass is 32.2. The molecule has 0 spiro atoms. The largest absolute Gasteiger partial charge is 0.460 e. The second kappa shape index (κ2) is 7.02. The summed E-state index contributed by atoms with van der Waals surface area (Å²) in [6.45, 7) is 1.45. The second-order valence-electron chi connectivity index (χ2n) is 5.09. The Labute approximate surface area is 124 Å². The fraction of sp³-hybridized carbons (Fsp3) is 0.500. The highest BCUT2D eigenvalue weighted by Gasteiger charge is 2.27. The summed E-state index contributed by atoms with van der Waals surface area (Å²) < 4.78 is 32.2. The van der Waals surface area contributed by atoms with E-state index in [1.807, 2.05) is 35.2 Å². The Morgan fingerprint density at radius 3 is 2.71 bits per heavy atom. The van der Waals surface area contributed by atoms with Gasteiger partial charge in [-0.25, -0.2) is 0 Å². The first kappa shape index (κ1) is 15.9. The van der Waals surface area contributed by atoms with E-state index in [2.05, 4.69) is 0 Å². The fourth-order valence-corrected chi connectivity index (χ4v) is 2.88. The first-order chi connectivity index (χ1) is 9.92. The van der Waals surface area contributed by atoms with Gasteiger partial charge in [0.15, 0.2) is 0 Å². The first-order valence-electron chi connectivity index (χ1n) is 6.72. The number of ether oxygens (including phenoxy) is 1. The summed E-state index contributed by atoms with van der Waals surface area (Å²) in [5, 5.41) is 0. The number of hydrogen-bond acceptors (Lipinski definition) is 6. The first-order valence-corrected chi connectivity index (χ1v) is 8.54. The molecule has 1 aromatic rings. The van der Waals surface area contributed by atoms with Crippen LogP contribution in [0.4, 0.5) is 0 Å². The predicted octanol–water partition coefficient (Wildman–Crippen LogP) is 0.780. The van der Waals surface area contributed by atoms with Crippen LogP contribution in [-0.4, -0.2) is 51.3 Å². The zero-order valence-corrected chi connectivity index (χ0v) is 12.7. The molecule has 0 saturated carbocycles. The maximum absolute atomic E-state index is 11.7. The second-order valence-corrected chi connectivity index (χ2v) is 6.69. The molecule has 6 nitrogen and oxygen atoms in total. The van der Waals surface area contributed by atoms with Crippen LogP contribution in [0.25, 0.3) is 0 Å². The van der Waals surface area contributed by atoms with Crippen molar-refractivity contribution in [3.63, 3.8) is 0 Å². The van der Waals surface area contributed by atoms with Gasteiger partial charge in [0.25, 0.3) is 10.1 Å². The molecule has 1 aromatic carbocycles. The SMILES string of the molecule is CS(=O)(=O)OC1CCN(CC(=O)OCc2ccccc2)C1. The molecule has 1 heterocycles. The van der Waals surface area contributed by atoms with E-state index in [1.165, 1.54) is 0 Å². The number of likely N-dealkylation sites (tertiary alicyclic amines) is 1. The molecule has 1 unspecified atom stereocenters. The normalized spacial score (nSPS) is 19.6. The zero-order valence-electron chi connectivity index (χ0n) is 11.9. The van der Waals surface area contributed by atoms with Gasteiger partial charge < -0.3 is 4.74 Å². The highest BCUT2D eigenvalue weighted by molar-refractivity contribution is 7.86. The van der Waals surface area contributed by atoms with E-state index >= 15 is 0 Å². The minimum absolute atomic E-state index is 0.149. The highest BCUT2D eigenvalue weighted by Crippen LogP contribution is 2.14. The van der Waals surface area contributed by atoms with E-state index in [-0.39, 0.29) is 25.2 Å². The van der Waals surface area contributed by atoms with Crippen molar-refractivity contribution in [1.82, 2.24) is 4.90 Å². The Bertz CT molecular complexity index is 572. The third-order valence-corrected chi connectivity index (χ3v) is 3.76. The molecular weight excluding hydrogens is 294 g/mol. The van der Waals surface area contributed by atoms with Gasteiger partial charge >= 0.3 is 5.97 Å². The van der Waals surface area contributed by atoms with Gasteiger partial charge in [-0.15, -0.1) is 0 Å². The number of esters is 1. The monoisotopic (exact) mass is 313 g/mol. The molecule has 0 aromatic heterocycles. The average molecular weight is 313 g/mol. The van der Waals surface area contributed by atoms with Crippen LogP contribution in [0.5, 0.6) is 0 Å². The van der Waals surface area contributed by atoms with E-state index in [0.29, 0.717) is 19.5 Å². The lowest BCUT2D eigenvalue weighted by atomic mass is 10.2. The van der Waals surface area contributed by atoms with Gasteiger partial charge in [0, 0.05) is 13.1 Å². The average Bonchev–Trinajstić information content (AvgIpc) is 2.82. The molecule has 1 saturated heterocycles. The molecule has 7 heteroatoms. The number of carbonyl (C=O) groups is 1. The molecule has 116 valence electrons. The molecule has 0 radical (unpaired) electrons. The quantitative estimate of drug-likeness (QED) is 0.571. The summed E-state index contributed by atoms with van der Waals surface area (Å²) in [5.41, 5.74) is 0.936. The molecule has 0 amide bonds. The minimum atomic E-state index is -3.45. The third kappa shape index (κ3) is 5.82. The Morgan fingerprint density at radius 2 is 2.05 bits per heavy atom. The van der Waals surface area contributed by atoms with Crippen LogP contribution in [-0.2, 0) is 30.4 Å². The van der Waals surface area contributed by atoms with E-state index in [9.17, 15) is 13.2 Å². The van der Waals surface area contributed by atoms with Crippen molar-refractivity contribution >= 4 is 16.1 Å². The smallest absolute Gasteiger partial charge is 0.320 e. The summed E-state index contributed by atoms with van der Waals surface area (Å²) in [5.74, 6) is -0.321. The van der Waals surface area contributed by atoms with Gasteiger partial charge in [0.05, 0.1) is 18.9 Å². The number of rotatable bonds is 6. The molecule has 0 bridgehead atoms. The molecule has 1 aliphatic rings. The van der Waals surface area contributed by atoms with Crippen LogP contribution < -0.4 is 0 Å². The lowest BCUT2D eigenvalue weighted by Gasteiger charge is -2.14. The van der Waals surface area contributed by atoms with Gasteiger partial charge in [0.2, 0.25) is 0 Å². The van der Waals surface area contributed by atoms with Crippen molar-refractivity contribution in [2.24, 2.45) is 0 Å². The van der Waals surface area contributed by atoms with Crippen molar-refractivity contribution in [3.05, 3.63) is 35.9 Å². The molecule has 1 atom stereocenters. The molecule has 2 rings (SSSR count). The van der Waals surface area contributed by atoms with Gasteiger partial charge in [0.1, 0.15) is 6.61 Å². The summed E-state index contributed by atoms with van der Waals surface area (Å²) in [7, 11) is -3.45. The molecule has 21 heavy (non-hydrogen) atoms. The fourth-order valence-electron chi connectivity index (χ4n) is 2.23. The van der Waals surface area contributed by atoms with E-state index < -0.39 is 10.1 Å². The Hall–Kier alpha value is -1.44.